The Balaban J connectivity index is 2.62. The van der Waals surface area contributed by atoms with Crippen LogP contribution in [0.15, 0.2) is 24.3 Å². The van der Waals surface area contributed by atoms with Crippen LogP contribution in [0.3, 0.4) is 0 Å². The van der Waals surface area contributed by atoms with Gasteiger partial charge in [-0.15, -0.1) is 0 Å². The van der Waals surface area contributed by atoms with Crippen molar-refractivity contribution in [3.8, 4) is 5.75 Å². The quantitative estimate of drug-likeness (QED) is 0.327. The monoisotopic (exact) mass is 355 g/mol. The summed E-state index contributed by atoms with van der Waals surface area (Å²) in [5.41, 5.74) is 0.720. The first-order chi connectivity index (χ1) is 9.36. The molecule has 0 aliphatic carbocycles. The molecule has 1 atom stereocenters. The third-order valence-corrected chi connectivity index (χ3v) is 3.06. The molecule has 0 aliphatic rings. The number of nitrogens with one attached hydrogen (secondary N) is 3. The summed E-state index contributed by atoms with van der Waals surface area (Å²) in [6.07, 6.45) is -0.543. The van der Waals surface area contributed by atoms with E-state index in [0.29, 0.717) is 6.41 Å². The first kappa shape index (κ1) is 17.1. The predicted octanol–water partition coefficient (Wildman–Crippen LogP) is 2.42. The summed E-state index contributed by atoms with van der Waals surface area (Å²) in [6.45, 7) is 0. The third kappa shape index (κ3) is 5.58. The van der Waals surface area contributed by atoms with Crippen LogP contribution in [0.4, 0.5) is 5.69 Å². The maximum atomic E-state index is 10.5. The minimum absolute atomic E-state index is 0.195. The smallest absolute Gasteiger partial charge is 0.228 e. The Labute approximate surface area is 136 Å². The van der Waals surface area contributed by atoms with Gasteiger partial charge >= 0.3 is 0 Å². The van der Waals surface area contributed by atoms with Gasteiger partial charge in [-0.1, -0.05) is 34.8 Å². The molecule has 0 fully saturated rings. The molecule has 3 N–H and O–H groups in total. The van der Waals surface area contributed by atoms with Crippen LogP contribution in [0.1, 0.15) is 0 Å². The number of methoxy groups -OCH3 is 1. The lowest BCUT2D eigenvalue weighted by Gasteiger charge is -2.26. The Hall–Kier alpha value is -0.950. The van der Waals surface area contributed by atoms with E-state index < -0.39 is 9.96 Å². The SMILES string of the molecule is COc1ccc(NC(=S)NC(NC=O)C(Cl)(Cl)Cl)cc1. The molecule has 0 aromatic heterocycles. The van der Waals surface area contributed by atoms with Gasteiger partial charge in [0, 0.05) is 5.69 Å². The number of alkyl halides is 3. The van der Waals surface area contributed by atoms with Gasteiger partial charge in [0.15, 0.2) is 5.11 Å². The first-order valence-electron chi connectivity index (χ1n) is 5.35. The number of carbonyl (C=O) groups is 1. The molecule has 0 saturated carbocycles. The number of amides is 1. The van der Waals surface area contributed by atoms with E-state index in [1.54, 1.807) is 31.4 Å². The normalized spacial score (nSPS) is 12.2. The van der Waals surface area contributed by atoms with Crippen molar-refractivity contribution in [3.05, 3.63) is 24.3 Å². The van der Waals surface area contributed by atoms with Crippen LogP contribution < -0.4 is 20.7 Å². The lowest BCUT2D eigenvalue weighted by atomic mass is 10.3. The topological polar surface area (TPSA) is 62.4 Å². The molecule has 1 rings (SSSR count). The number of hydrogen-bond donors (Lipinski definition) is 3. The standard InChI is InChI=1S/C11H12Cl3N3O2S/c1-19-8-4-2-7(3-5-8)16-10(20)17-9(15-6-18)11(12,13)14/h2-6,9H,1H3,(H,15,18)(H2,16,17,20). The Morgan fingerprint density at radius 2 is 1.95 bits per heavy atom. The van der Waals surface area contributed by atoms with Gasteiger partial charge in [0.2, 0.25) is 10.2 Å². The minimum Gasteiger partial charge on any atom is -0.497 e. The van der Waals surface area contributed by atoms with Crippen molar-refractivity contribution in [2.24, 2.45) is 0 Å². The molecule has 0 heterocycles. The number of anilines is 1. The first-order valence-corrected chi connectivity index (χ1v) is 6.89. The van der Waals surface area contributed by atoms with Gasteiger partial charge in [-0.3, -0.25) is 4.79 Å². The molecule has 0 aliphatic heterocycles. The molecule has 1 amide bonds. The Morgan fingerprint density at radius 1 is 1.35 bits per heavy atom. The highest BCUT2D eigenvalue weighted by atomic mass is 35.6. The number of thiocarbonyl (C=S) groups is 1. The summed E-state index contributed by atoms with van der Waals surface area (Å²) in [5.74, 6) is 0.719. The molecule has 0 saturated heterocycles. The van der Waals surface area contributed by atoms with Gasteiger partial charge in [0.1, 0.15) is 11.9 Å². The summed E-state index contributed by atoms with van der Waals surface area (Å²) in [7, 11) is 1.57. The molecular weight excluding hydrogens is 345 g/mol. The van der Waals surface area contributed by atoms with E-state index in [-0.39, 0.29) is 5.11 Å². The van der Waals surface area contributed by atoms with E-state index in [4.69, 9.17) is 51.8 Å². The van der Waals surface area contributed by atoms with Gasteiger partial charge in [0.05, 0.1) is 7.11 Å². The fourth-order valence-electron chi connectivity index (χ4n) is 1.26. The average molecular weight is 357 g/mol. The van der Waals surface area contributed by atoms with Crippen molar-refractivity contribution < 1.29 is 9.53 Å². The van der Waals surface area contributed by atoms with E-state index >= 15 is 0 Å². The summed E-state index contributed by atoms with van der Waals surface area (Å²) < 4.78 is 3.29. The molecule has 9 heteroatoms. The number of halogens is 3. The molecule has 0 spiro atoms. The molecule has 1 aromatic rings. The summed E-state index contributed by atoms with van der Waals surface area (Å²) >= 11 is 22.2. The number of carbonyl (C=O) groups excluding carboxylic acids is 1. The second-order valence-electron chi connectivity index (χ2n) is 3.59. The van der Waals surface area contributed by atoms with Crippen LogP contribution in [0.2, 0.25) is 0 Å². The molecular formula is C11H12Cl3N3O2S. The van der Waals surface area contributed by atoms with Crippen LogP contribution in [0.25, 0.3) is 0 Å². The van der Waals surface area contributed by atoms with Gasteiger partial charge in [-0.2, -0.15) is 0 Å². The zero-order valence-corrected chi connectivity index (χ0v) is 13.4. The Morgan fingerprint density at radius 3 is 2.40 bits per heavy atom. The third-order valence-electron chi connectivity index (χ3n) is 2.19. The van der Waals surface area contributed by atoms with E-state index in [9.17, 15) is 4.79 Å². The zero-order chi connectivity index (χ0) is 15.2. The van der Waals surface area contributed by atoms with Crippen molar-refractivity contribution >= 4 is 64.2 Å². The highest BCUT2D eigenvalue weighted by Gasteiger charge is 2.32. The fraction of sp³-hybridized carbons (Fsp3) is 0.273. The average Bonchev–Trinajstić information content (AvgIpc) is 2.38. The zero-order valence-electron chi connectivity index (χ0n) is 10.3. The van der Waals surface area contributed by atoms with Gasteiger partial charge < -0.3 is 20.7 Å². The van der Waals surface area contributed by atoms with Crippen molar-refractivity contribution in [2.45, 2.75) is 9.96 Å². The summed E-state index contributed by atoms with van der Waals surface area (Å²) in [5, 5.41) is 8.09. The van der Waals surface area contributed by atoms with E-state index in [1.807, 2.05) is 0 Å². The van der Waals surface area contributed by atoms with Crippen LogP contribution in [-0.2, 0) is 4.79 Å². The highest BCUT2D eigenvalue weighted by Crippen LogP contribution is 2.28. The maximum absolute atomic E-state index is 10.5. The highest BCUT2D eigenvalue weighted by molar-refractivity contribution is 7.80. The minimum atomic E-state index is -1.74. The number of benzene rings is 1. The Bertz CT molecular complexity index is 465. The van der Waals surface area contributed by atoms with Crippen LogP contribution >= 0.6 is 47.0 Å². The number of rotatable bonds is 5. The molecule has 20 heavy (non-hydrogen) atoms. The predicted molar refractivity (Wildman–Crippen MR) is 85.6 cm³/mol. The number of ether oxygens (including phenoxy) is 1. The van der Waals surface area contributed by atoms with Crippen molar-refractivity contribution in [3.63, 3.8) is 0 Å². The lowest BCUT2D eigenvalue weighted by molar-refractivity contribution is -0.110. The van der Waals surface area contributed by atoms with E-state index in [2.05, 4.69) is 16.0 Å². The lowest BCUT2D eigenvalue weighted by Crippen LogP contribution is -2.53. The largest absolute Gasteiger partial charge is 0.497 e. The second kappa shape index (κ2) is 7.73. The molecule has 1 unspecified atom stereocenters. The van der Waals surface area contributed by atoms with Crippen molar-refractivity contribution in [1.82, 2.24) is 10.6 Å². The molecule has 110 valence electrons. The second-order valence-corrected chi connectivity index (χ2v) is 6.36. The molecule has 0 bridgehead atoms. The van der Waals surface area contributed by atoms with Crippen LogP contribution in [0, 0.1) is 0 Å². The number of hydrogen-bond acceptors (Lipinski definition) is 3. The van der Waals surface area contributed by atoms with Gasteiger partial charge in [0.25, 0.3) is 0 Å². The van der Waals surface area contributed by atoms with Crippen LogP contribution in [-0.4, -0.2) is 28.6 Å². The van der Waals surface area contributed by atoms with Crippen LogP contribution in [0.5, 0.6) is 5.75 Å². The molecule has 0 radical (unpaired) electrons. The van der Waals surface area contributed by atoms with Gasteiger partial charge in [-0.05, 0) is 36.5 Å². The maximum Gasteiger partial charge on any atom is 0.228 e. The van der Waals surface area contributed by atoms with Gasteiger partial charge in [-0.25, -0.2) is 0 Å². The Kier molecular flexibility index (Phi) is 6.61. The molecule has 1 aromatic carbocycles. The van der Waals surface area contributed by atoms with E-state index in [1.165, 1.54) is 0 Å². The molecule has 5 nitrogen and oxygen atoms in total. The van der Waals surface area contributed by atoms with Crippen molar-refractivity contribution in [2.75, 3.05) is 12.4 Å². The summed E-state index contributed by atoms with van der Waals surface area (Å²) in [6, 6.07) is 7.07. The van der Waals surface area contributed by atoms with Crippen molar-refractivity contribution in [1.29, 1.82) is 0 Å². The van der Waals surface area contributed by atoms with E-state index in [0.717, 1.165) is 11.4 Å². The summed E-state index contributed by atoms with van der Waals surface area (Å²) in [4.78, 5) is 10.5. The fourth-order valence-corrected chi connectivity index (χ4v) is 1.85.